The number of nitrogens with one attached hydrogen (secondary N) is 1. The van der Waals surface area contributed by atoms with Crippen LogP contribution in [0.1, 0.15) is 38.8 Å². The number of nitrogens with zero attached hydrogens (tertiary/aromatic N) is 2. The van der Waals surface area contributed by atoms with Crippen LogP contribution in [0.4, 0.5) is 0 Å². The molecular weight excluding hydrogens is 226 g/mol. The summed E-state index contributed by atoms with van der Waals surface area (Å²) in [4.78, 5) is 17.7. The minimum absolute atomic E-state index is 0.217. The van der Waals surface area contributed by atoms with Crippen molar-refractivity contribution in [2.24, 2.45) is 0 Å². The quantitative estimate of drug-likeness (QED) is 0.804. The second kappa shape index (κ2) is 7.82. The molecule has 0 saturated carbocycles. The van der Waals surface area contributed by atoms with E-state index in [0.717, 1.165) is 13.1 Å². The van der Waals surface area contributed by atoms with Crippen molar-refractivity contribution in [1.29, 1.82) is 0 Å². The van der Waals surface area contributed by atoms with E-state index in [4.69, 9.17) is 0 Å². The number of hydrogen-bond acceptors (Lipinski definition) is 3. The number of carbonyl (C=O) groups is 1. The van der Waals surface area contributed by atoms with Gasteiger partial charge in [0.25, 0.3) is 0 Å². The molecule has 1 aromatic heterocycles. The Morgan fingerprint density at radius 2 is 1.94 bits per heavy atom. The average Bonchev–Trinajstić information content (AvgIpc) is 2.41. The molecule has 0 aliphatic rings. The highest BCUT2D eigenvalue weighted by Gasteiger charge is 2.10. The van der Waals surface area contributed by atoms with Gasteiger partial charge in [0, 0.05) is 44.5 Å². The van der Waals surface area contributed by atoms with Gasteiger partial charge in [-0.15, -0.1) is 0 Å². The molecular formula is C14H23N3O. The molecule has 1 atom stereocenters. The molecule has 0 radical (unpaired) electrons. The van der Waals surface area contributed by atoms with Crippen LogP contribution >= 0.6 is 0 Å². The standard InChI is InChI=1S/C14H23N3O/c1-4-17(5-2)14(18)8-11-16-12(3)13-6-9-15-10-7-13/h6-7,9-10,12,16H,4-5,8,11H2,1-3H3. The highest BCUT2D eigenvalue weighted by atomic mass is 16.2. The molecule has 4 heteroatoms. The summed E-state index contributed by atoms with van der Waals surface area (Å²) in [5.74, 6) is 0.217. The third-order valence-electron chi connectivity index (χ3n) is 3.11. The molecule has 0 aliphatic carbocycles. The van der Waals surface area contributed by atoms with E-state index in [9.17, 15) is 4.79 Å². The van der Waals surface area contributed by atoms with E-state index in [-0.39, 0.29) is 11.9 Å². The smallest absolute Gasteiger partial charge is 0.223 e. The first kappa shape index (κ1) is 14.6. The summed E-state index contributed by atoms with van der Waals surface area (Å²) < 4.78 is 0. The molecule has 0 spiro atoms. The molecule has 1 amide bonds. The van der Waals surface area contributed by atoms with Crippen molar-refractivity contribution in [3.63, 3.8) is 0 Å². The number of rotatable bonds is 7. The summed E-state index contributed by atoms with van der Waals surface area (Å²) in [6.45, 7) is 8.39. The van der Waals surface area contributed by atoms with Crippen molar-refractivity contribution < 1.29 is 4.79 Å². The van der Waals surface area contributed by atoms with Gasteiger partial charge in [0.1, 0.15) is 0 Å². The van der Waals surface area contributed by atoms with Crippen LogP contribution in [0.3, 0.4) is 0 Å². The normalized spacial score (nSPS) is 12.2. The van der Waals surface area contributed by atoms with Crippen molar-refractivity contribution in [1.82, 2.24) is 15.2 Å². The number of pyridine rings is 1. The van der Waals surface area contributed by atoms with Crippen LogP contribution in [0, 0.1) is 0 Å². The molecule has 1 heterocycles. The van der Waals surface area contributed by atoms with Crippen molar-refractivity contribution in [2.45, 2.75) is 33.2 Å². The minimum Gasteiger partial charge on any atom is -0.343 e. The van der Waals surface area contributed by atoms with Crippen LogP contribution in [0.2, 0.25) is 0 Å². The van der Waals surface area contributed by atoms with Gasteiger partial charge < -0.3 is 10.2 Å². The van der Waals surface area contributed by atoms with Gasteiger partial charge in [-0.2, -0.15) is 0 Å². The summed E-state index contributed by atoms with van der Waals surface area (Å²) in [6.07, 6.45) is 4.13. The van der Waals surface area contributed by atoms with Crippen LogP contribution in [-0.2, 0) is 4.79 Å². The highest BCUT2D eigenvalue weighted by molar-refractivity contribution is 5.76. The van der Waals surface area contributed by atoms with E-state index >= 15 is 0 Å². The van der Waals surface area contributed by atoms with Gasteiger partial charge in [0.2, 0.25) is 5.91 Å². The Kier molecular flexibility index (Phi) is 6.36. The third kappa shape index (κ3) is 4.45. The zero-order valence-corrected chi connectivity index (χ0v) is 11.5. The Labute approximate surface area is 109 Å². The third-order valence-corrected chi connectivity index (χ3v) is 3.11. The Hall–Kier alpha value is -1.42. The SMILES string of the molecule is CCN(CC)C(=O)CCNC(C)c1ccncc1. The van der Waals surface area contributed by atoms with E-state index in [0.29, 0.717) is 13.0 Å². The molecule has 4 nitrogen and oxygen atoms in total. The maximum Gasteiger partial charge on any atom is 0.223 e. The molecule has 0 bridgehead atoms. The van der Waals surface area contributed by atoms with Crippen LogP contribution in [0.5, 0.6) is 0 Å². The lowest BCUT2D eigenvalue weighted by Crippen LogP contribution is -2.33. The molecule has 18 heavy (non-hydrogen) atoms. The fourth-order valence-electron chi connectivity index (χ4n) is 1.90. The molecule has 1 rings (SSSR count). The van der Waals surface area contributed by atoms with E-state index in [2.05, 4.69) is 17.2 Å². The highest BCUT2D eigenvalue weighted by Crippen LogP contribution is 2.09. The first-order valence-corrected chi connectivity index (χ1v) is 6.60. The fourth-order valence-corrected chi connectivity index (χ4v) is 1.90. The van der Waals surface area contributed by atoms with Crippen LogP contribution in [0.15, 0.2) is 24.5 Å². The summed E-state index contributed by atoms with van der Waals surface area (Å²) >= 11 is 0. The number of aromatic nitrogens is 1. The van der Waals surface area contributed by atoms with E-state index in [1.165, 1.54) is 5.56 Å². The first-order valence-electron chi connectivity index (χ1n) is 6.60. The minimum atomic E-state index is 0.217. The molecule has 0 aromatic carbocycles. The van der Waals surface area contributed by atoms with Crippen molar-refractivity contribution in [3.05, 3.63) is 30.1 Å². The van der Waals surface area contributed by atoms with Gasteiger partial charge in [0.05, 0.1) is 0 Å². The largest absolute Gasteiger partial charge is 0.343 e. The Morgan fingerprint density at radius 1 is 1.33 bits per heavy atom. The zero-order chi connectivity index (χ0) is 13.4. The van der Waals surface area contributed by atoms with Crippen molar-refractivity contribution in [2.75, 3.05) is 19.6 Å². The van der Waals surface area contributed by atoms with Gasteiger partial charge in [-0.1, -0.05) is 0 Å². The number of hydrogen-bond donors (Lipinski definition) is 1. The summed E-state index contributed by atoms with van der Waals surface area (Å²) in [5.41, 5.74) is 1.19. The topological polar surface area (TPSA) is 45.2 Å². The molecule has 1 aromatic rings. The maximum atomic E-state index is 11.8. The Balaban J connectivity index is 2.32. The molecule has 1 unspecified atom stereocenters. The summed E-state index contributed by atoms with van der Waals surface area (Å²) in [6, 6.07) is 4.23. The van der Waals surface area contributed by atoms with Crippen LogP contribution in [-0.4, -0.2) is 35.4 Å². The first-order chi connectivity index (χ1) is 8.69. The molecule has 100 valence electrons. The van der Waals surface area contributed by atoms with Gasteiger partial charge in [-0.3, -0.25) is 9.78 Å². The zero-order valence-electron chi connectivity index (χ0n) is 11.5. The maximum absolute atomic E-state index is 11.8. The van der Waals surface area contributed by atoms with Crippen LogP contribution in [0.25, 0.3) is 0 Å². The van der Waals surface area contributed by atoms with Crippen LogP contribution < -0.4 is 5.32 Å². The van der Waals surface area contributed by atoms with E-state index < -0.39 is 0 Å². The lowest BCUT2D eigenvalue weighted by atomic mass is 10.1. The molecule has 0 saturated heterocycles. The van der Waals surface area contributed by atoms with Gasteiger partial charge in [-0.05, 0) is 38.5 Å². The van der Waals surface area contributed by atoms with E-state index in [1.807, 2.05) is 30.9 Å². The molecule has 0 aliphatic heterocycles. The summed E-state index contributed by atoms with van der Waals surface area (Å²) in [5, 5.41) is 3.36. The number of amides is 1. The summed E-state index contributed by atoms with van der Waals surface area (Å²) in [7, 11) is 0. The molecule has 1 N–H and O–H groups in total. The predicted molar refractivity (Wildman–Crippen MR) is 73.2 cm³/mol. The van der Waals surface area contributed by atoms with E-state index in [1.54, 1.807) is 12.4 Å². The second-order valence-electron chi connectivity index (χ2n) is 4.27. The Bertz CT molecular complexity index is 349. The molecule has 0 fully saturated rings. The number of carbonyl (C=O) groups excluding carboxylic acids is 1. The van der Waals surface area contributed by atoms with Gasteiger partial charge >= 0.3 is 0 Å². The van der Waals surface area contributed by atoms with Gasteiger partial charge in [-0.25, -0.2) is 0 Å². The Morgan fingerprint density at radius 3 is 2.50 bits per heavy atom. The van der Waals surface area contributed by atoms with Crippen molar-refractivity contribution >= 4 is 5.91 Å². The predicted octanol–water partition coefficient (Wildman–Crippen LogP) is 1.99. The lowest BCUT2D eigenvalue weighted by molar-refractivity contribution is -0.130. The van der Waals surface area contributed by atoms with Gasteiger partial charge in [0.15, 0.2) is 0 Å². The lowest BCUT2D eigenvalue weighted by Gasteiger charge is -2.19. The average molecular weight is 249 g/mol. The van der Waals surface area contributed by atoms with Crippen molar-refractivity contribution in [3.8, 4) is 0 Å². The second-order valence-corrected chi connectivity index (χ2v) is 4.27. The fraction of sp³-hybridized carbons (Fsp3) is 0.571. The monoisotopic (exact) mass is 249 g/mol.